The summed E-state index contributed by atoms with van der Waals surface area (Å²) in [6, 6.07) is 3.38. The zero-order chi connectivity index (χ0) is 10.6. The predicted octanol–water partition coefficient (Wildman–Crippen LogP) is 2.92. The number of ether oxygens (including phenoxy) is 1. The molecule has 0 bridgehead atoms. The van der Waals surface area contributed by atoms with Gasteiger partial charge in [0.05, 0.1) is 0 Å². The first-order chi connectivity index (χ1) is 6.59. The minimum atomic E-state index is -0.579. The van der Waals surface area contributed by atoms with Gasteiger partial charge in [-0.15, -0.1) is 6.42 Å². The minimum absolute atomic E-state index is 0.401. The number of rotatable bonds is 3. The maximum absolute atomic E-state index is 5.72. The van der Waals surface area contributed by atoms with Gasteiger partial charge < -0.3 is 4.74 Å². The van der Waals surface area contributed by atoms with Gasteiger partial charge in [-0.3, -0.25) is 0 Å². The second-order valence-corrected chi connectivity index (χ2v) is 3.53. The minimum Gasteiger partial charge on any atom is -0.475 e. The molecule has 0 aliphatic carbocycles. The van der Waals surface area contributed by atoms with Crippen LogP contribution in [0.1, 0.15) is 20.3 Å². The van der Waals surface area contributed by atoms with Crippen molar-refractivity contribution in [3.05, 3.63) is 23.5 Å². The molecular formula is C11H12ClNO. The number of nitrogens with zero attached hydrogens (tertiary/aromatic N) is 1. The molecule has 0 aliphatic rings. The van der Waals surface area contributed by atoms with E-state index in [1.165, 1.54) is 0 Å². The monoisotopic (exact) mass is 209 g/mol. The van der Waals surface area contributed by atoms with Gasteiger partial charge in [0, 0.05) is 12.3 Å². The first kappa shape index (κ1) is 10.9. The molecule has 0 spiro atoms. The van der Waals surface area contributed by atoms with Crippen LogP contribution in [-0.2, 0) is 0 Å². The van der Waals surface area contributed by atoms with Crippen molar-refractivity contribution < 1.29 is 4.74 Å². The van der Waals surface area contributed by atoms with Gasteiger partial charge >= 0.3 is 0 Å². The van der Waals surface area contributed by atoms with Crippen LogP contribution < -0.4 is 4.74 Å². The number of pyridine rings is 1. The molecule has 0 aliphatic heterocycles. The van der Waals surface area contributed by atoms with Crippen LogP contribution in [0.4, 0.5) is 0 Å². The molecule has 1 aromatic heterocycles. The maximum atomic E-state index is 5.72. The Hall–Kier alpha value is -1.20. The predicted molar refractivity (Wildman–Crippen MR) is 57.4 cm³/mol. The Labute approximate surface area is 89.3 Å². The highest BCUT2D eigenvalue weighted by Gasteiger charge is 2.20. The van der Waals surface area contributed by atoms with Gasteiger partial charge in [0.25, 0.3) is 0 Å². The molecule has 2 nitrogen and oxygen atoms in total. The van der Waals surface area contributed by atoms with E-state index < -0.39 is 5.60 Å². The Morgan fingerprint density at radius 2 is 2.43 bits per heavy atom. The summed E-state index contributed by atoms with van der Waals surface area (Å²) in [4.78, 5) is 3.86. The van der Waals surface area contributed by atoms with Crippen LogP contribution in [0.5, 0.6) is 5.75 Å². The fraction of sp³-hybridized carbons (Fsp3) is 0.364. The fourth-order valence-corrected chi connectivity index (χ4v) is 1.08. The number of hydrogen-bond acceptors (Lipinski definition) is 2. The lowest BCUT2D eigenvalue weighted by atomic mass is 10.1. The molecule has 0 saturated heterocycles. The number of halogens is 1. The Morgan fingerprint density at radius 3 is 2.93 bits per heavy atom. The van der Waals surface area contributed by atoms with E-state index in [9.17, 15) is 0 Å². The Balaban J connectivity index is 2.84. The molecule has 3 heteroatoms. The Kier molecular flexibility index (Phi) is 3.38. The highest BCUT2D eigenvalue weighted by atomic mass is 35.5. The molecule has 1 atom stereocenters. The van der Waals surface area contributed by atoms with Crippen LogP contribution in [0.25, 0.3) is 0 Å². The lowest BCUT2D eigenvalue weighted by Gasteiger charge is -2.23. The van der Waals surface area contributed by atoms with Crippen molar-refractivity contribution in [2.75, 3.05) is 0 Å². The van der Waals surface area contributed by atoms with Gasteiger partial charge in [0.1, 0.15) is 10.9 Å². The number of hydrogen-bond donors (Lipinski definition) is 0. The van der Waals surface area contributed by atoms with Crippen molar-refractivity contribution in [2.24, 2.45) is 0 Å². The molecule has 0 saturated carbocycles. The summed E-state index contributed by atoms with van der Waals surface area (Å²) in [5.41, 5.74) is -0.579. The molecular weight excluding hydrogens is 198 g/mol. The van der Waals surface area contributed by atoms with Crippen LogP contribution >= 0.6 is 11.6 Å². The van der Waals surface area contributed by atoms with E-state index in [1.807, 2.05) is 13.8 Å². The van der Waals surface area contributed by atoms with Crippen molar-refractivity contribution in [3.63, 3.8) is 0 Å². The average Bonchev–Trinajstić information content (AvgIpc) is 2.18. The summed E-state index contributed by atoms with van der Waals surface area (Å²) in [5.74, 6) is 3.26. The average molecular weight is 210 g/mol. The summed E-state index contributed by atoms with van der Waals surface area (Å²) in [6.45, 7) is 3.84. The molecule has 1 unspecified atom stereocenters. The van der Waals surface area contributed by atoms with Gasteiger partial charge in [-0.1, -0.05) is 24.4 Å². The van der Waals surface area contributed by atoms with Gasteiger partial charge in [-0.05, 0) is 19.4 Å². The molecule has 0 aromatic carbocycles. The smallest absolute Gasteiger partial charge is 0.165 e. The van der Waals surface area contributed by atoms with Crippen molar-refractivity contribution >= 4 is 11.6 Å². The summed E-state index contributed by atoms with van der Waals surface area (Å²) in [5, 5.41) is 0.401. The molecule has 74 valence electrons. The van der Waals surface area contributed by atoms with Crippen LogP contribution in [0.3, 0.4) is 0 Å². The Bertz CT molecular complexity index is 359. The third-order valence-electron chi connectivity index (χ3n) is 2.02. The topological polar surface area (TPSA) is 22.1 Å². The van der Waals surface area contributed by atoms with Crippen LogP contribution in [0, 0.1) is 12.3 Å². The summed E-state index contributed by atoms with van der Waals surface area (Å²) < 4.78 is 5.62. The molecule has 1 aromatic rings. The van der Waals surface area contributed by atoms with Crippen molar-refractivity contribution in [1.29, 1.82) is 0 Å². The first-order valence-corrected chi connectivity index (χ1v) is 4.76. The molecule has 0 radical (unpaired) electrons. The van der Waals surface area contributed by atoms with Crippen molar-refractivity contribution in [2.45, 2.75) is 25.9 Å². The zero-order valence-corrected chi connectivity index (χ0v) is 9.01. The summed E-state index contributed by atoms with van der Waals surface area (Å²) in [7, 11) is 0. The maximum Gasteiger partial charge on any atom is 0.165 e. The highest BCUT2D eigenvalue weighted by Crippen LogP contribution is 2.22. The van der Waals surface area contributed by atoms with Crippen molar-refractivity contribution in [1.82, 2.24) is 4.98 Å². The van der Waals surface area contributed by atoms with E-state index in [0.717, 1.165) is 6.42 Å². The van der Waals surface area contributed by atoms with Gasteiger partial charge in [0.15, 0.2) is 5.60 Å². The largest absolute Gasteiger partial charge is 0.475 e. The first-order valence-electron chi connectivity index (χ1n) is 4.38. The number of terminal acetylenes is 1. The van der Waals surface area contributed by atoms with E-state index >= 15 is 0 Å². The van der Waals surface area contributed by atoms with Gasteiger partial charge in [-0.2, -0.15) is 0 Å². The molecule has 14 heavy (non-hydrogen) atoms. The standard InChI is InChI=1S/C11H12ClNO/c1-4-11(3,5-2)14-9-6-7-13-10(12)8-9/h1,6-8H,5H2,2-3H3. The number of aromatic nitrogens is 1. The second kappa shape index (κ2) is 4.34. The second-order valence-electron chi connectivity index (χ2n) is 3.15. The van der Waals surface area contributed by atoms with E-state index in [-0.39, 0.29) is 0 Å². The van der Waals surface area contributed by atoms with E-state index in [4.69, 9.17) is 22.8 Å². The van der Waals surface area contributed by atoms with Crippen LogP contribution in [0.15, 0.2) is 18.3 Å². The molecule has 1 heterocycles. The van der Waals surface area contributed by atoms with E-state index in [1.54, 1.807) is 18.3 Å². The molecule has 0 amide bonds. The Morgan fingerprint density at radius 1 is 1.71 bits per heavy atom. The van der Waals surface area contributed by atoms with Gasteiger partial charge in [0.2, 0.25) is 0 Å². The van der Waals surface area contributed by atoms with Gasteiger partial charge in [-0.25, -0.2) is 4.98 Å². The van der Waals surface area contributed by atoms with Crippen molar-refractivity contribution in [3.8, 4) is 18.1 Å². The van der Waals surface area contributed by atoms with Crippen LogP contribution in [-0.4, -0.2) is 10.6 Å². The lowest BCUT2D eigenvalue weighted by molar-refractivity contribution is 0.146. The third kappa shape index (κ3) is 2.65. The quantitative estimate of drug-likeness (QED) is 0.564. The third-order valence-corrected chi connectivity index (χ3v) is 2.23. The normalized spacial score (nSPS) is 14.1. The summed E-state index contributed by atoms with van der Waals surface area (Å²) >= 11 is 5.72. The van der Waals surface area contributed by atoms with E-state index in [0.29, 0.717) is 10.9 Å². The fourth-order valence-electron chi connectivity index (χ4n) is 0.912. The van der Waals surface area contributed by atoms with E-state index in [2.05, 4.69) is 10.9 Å². The SMILES string of the molecule is C#CC(C)(CC)Oc1ccnc(Cl)c1. The van der Waals surface area contributed by atoms with Crippen LogP contribution in [0.2, 0.25) is 5.15 Å². The highest BCUT2D eigenvalue weighted by molar-refractivity contribution is 6.29. The lowest BCUT2D eigenvalue weighted by Crippen LogP contribution is -2.29. The zero-order valence-electron chi connectivity index (χ0n) is 8.25. The molecule has 0 N–H and O–H groups in total. The molecule has 1 rings (SSSR count). The summed E-state index contributed by atoms with van der Waals surface area (Å²) in [6.07, 6.45) is 7.71. The molecule has 0 fully saturated rings.